The Bertz CT molecular complexity index is 759. The van der Waals surface area contributed by atoms with E-state index in [9.17, 15) is 4.79 Å². The van der Waals surface area contributed by atoms with Gasteiger partial charge in [-0.3, -0.25) is 14.8 Å². The molecule has 0 bridgehead atoms. The van der Waals surface area contributed by atoms with Gasteiger partial charge in [0.15, 0.2) is 0 Å². The van der Waals surface area contributed by atoms with Gasteiger partial charge < -0.3 is 5.32 Å². The minimum atomic E-state index is 0.00813. The van der Waals surface area contributed by atoms with Crippen molar-refractivity contribution in [1.82, 2.24) is 20.3 Å². The summed E-state index contributed by atoms with van der Waals surface area (Å²) in [5, 5.41) is 5.83. The molecule has 3 rings (SSSR count). The molecule has 0 fully saturated rings. The molecule has 0 saturated heterocycles. The summed E-state index contributed by atoms with van der Waals surface area (Å²) in [7, 11) is 0. The number of carbonyl (C=O) groups excluding carboxylic acids is 1. The Kier molecular flexibility index (Phi) is 5.06. The van der Waals surface area contributed by atoms with E-state index in [0.717, 1.165) is 22.0 Å². The van der Waals surface area contributed by atoms with Crippen molar-refractivity contribution in [3.8, 4) is 11.3 Å². The van der Waals surface area contributed by atoms with Crippen molar-refractivity contribution >= 4 is 17.2 Å². The molecule has 3 aromatic rings. The number of pyridine rings is 2. The first-order valence-corrected chi connectivity index (χ1v) is 8.20. The second-order valence-electron chi connectivity index (χ2n) is 4.97. The smallest absolute Gasteiger partial charge is 0.220 e. The lowest BCUT2D eigenvalue weighted by atomic mass is 10.2. The van der Waals surface area contributed by atoms with E-state index >= 15 is 0 Å². The van der Waals surface area contributed by atoms with Crippen molar-refractivity contribution in [3.05, 3.63) is 65.0 Å². The zero-order chi connectivity index (χ0) is 15.9. The third-order valence-corrected chi connectivity index (χ3v) is 4.18. The van der Waals surface area contributed by atoms with Crippen LogP contribution in [0.4, 0.5) is 0 Å². The Balaban J connectivity index is 1.49. The third kappa shape index (κ3) is 4.43. The third-order valence-electron chi connectivity index (χ3n) is 3.27. The highest BCUT2D eigenvalue weighted by molar-refractivity contribution is 7.09. The number of rotatable bonds is 6. The van der Waals surface area contributed by atoms with Crippen molar-refractivity contribution in [2.24, 2.45) is 0 Å². The van der Waals surface area contributed by atoms with Crippen molar-refractivity contribution in [2.75, 3.05) is 0 Å². The highest BCUT2D eigenvalue weighted by Gasteiger charge is 2.07. The van der Waals surface area contributed by atoms with Gasteiger partial charge in [-0.05, 0) is 24.3 Å². The lowest BCUT2D eigenvalue weighted by Crippen LogP contribution is -2.23. The normalized spacial score (nSPS) is 10.4. The first-order chi connectivity index (χ1) is 11.3. The van der Waals surface area contributed by atoms with Gasteiger partial charge in [0.2, 0.25) is 5.91 Å². The number of hydrogen-bond donors (Lipinski definition) is 1. The molecule has 0 spiro atoms. The predicted molar refractivity (Wildman–Crippen MR) is 89.7 cm³/mol. The van der Waals surface area contributed by atoms with Crippen molar-refractivity contribution in [1.29, 1.82) is 0 Å². The molecule has 1 amide bonds. The zero-order valence-electron chi connectivity index (χ0n) is 12.5. The van der Waals surface area contributed by atoms with E-state index in [2.05, 4.69) is 20.3 Å². The van der Waals surface area contributed by atoms with Gasteiger partial charge in [0, 0.05) is 42.4 Å². The van der Waals surface area contributed by atoms with Gasteiger partial charge in [0.05, 0.1) is 22.9 Å². The quantitative estimate of drug-likeness (QED) is 0.757. The largest absolute Gasteiger partial charge is 0.350 e. The van der Waals surface area contributed by atoms with E-state index in [1.54, 1.807) is 29.9 Å². The molecule has 0 aliphatic heterocycles. The minimum Gasteiger partial charge on any atom is -0.350 e. The SMILES string of the molecule is O=C(CCc1nc(-c2cccnc2)cs1)NCc1ccccn1. The van der Waals surface area contributed by atoms with Crippen molar-refractivity contribution in [3.63, 3.8) is 0 Å². The van der Waals surface area contributed by atoms with Crippen LogP contribution in [-0.4, -0.2) is 20.9 Å². The summed E-state index contributed by atoms with van der Waals surface area (Å²) in [6.45, 7) is 0.457. The zero-order valence-corrected chi connectivity index (χ0v) is 13.3. The standard InChI is InChI=1S/C17H16N4OS/c22-16(20-11-14-5-1-2-9-19-14)6-7-17-21-15(12-23-17)13-4-3-8-18-10-13/h1-5,8-10,12H,6-7,11H2,(H,20,22). The van der Waals surface area contributed by atoms with E-state index in [1.165, 1.54) is 0 Å². The second kappa shape index (κ2) is 7.60. The van der Waals surface area contributed by atoms with Crippen LogP contribution >= 0.6 is 11.3 Å². The lowest BCUT2D eigenvalue weighted by molar-refractivity contribution is -0.121. The molecular formula is C17H16N4OS. The summed E-state index contributed by atoms with van der Waals surface area (Å²) >= 11 is 1.57. The van der Waals surface area contributed by atoms with E-state index in [4.69, 9.17) is 0 Å². The van der Waals surface area contributed by atoms with Gasteiger partial charge in [-0.2, -0.15) is 0 Å². The molecule has 3 aromatic heterocycles. The Morgan fingerprint density at radius 3 is 2.91 bits per heavy atom. The van der Waals surface area contributed by atoms with Gasteiger partial charge in [0.1, 0.15) is 0 Å². The molecule has 0 aliphatic rings. The highest BCUT2D eigenvalue weighted by atomic mass is 32.1. The molecule has 116 valence electrons. The number of hydrogen-bond acceptors (Lipinski definition) is 5. The lowest BCUT2D eigenvalue weighted by Gasteiger charge is -2.03. The Labute approximate surface area is 138 Å². The summed E-state index contributed by atoms with van der Waals surface area (Å²) in [6.07, 6.45) is 6.31. The first kappa shape index (κ1) is 15.3. The molecule has 0 aliphatic carbocycles. The minimum absolute atomic E-state index is 0.00813. The van der Waals surface area contributed by atoms with Crippen LogP contribution in [0.1, 0.15) is 17.1 Å². The summed E-state index contributed by atoms with van der Waals surface area (Å²) in [4.78, 5) is 24.7. The monoisotopic (exact) mass is 324 g/mol. The van der Waals surface area contributed by atoms with Crippen molar-refractivity contribution < 1.29 is 4.79 Å². The number of aromatic nitrogens is 3. The fourth-order valence-corrected chi connectivity index (χ4v) is 2.88. The van der Waals surface area contributed by atoms with E-state index in [0.29, 0.717) is 19.4 Å². The molecule has 3 heterocycles. The maximum atomic E-state index is 11.9. The van der Waals surface area contributed by atoms with Crippen LogP contribution in [0.2, 0.25) is 0 Å². The summed E-state index contributed by atoms with van der Waals surface area (Å²) in [6, 6.07) is 9.52. The number of nitrogens with zero attached hydrogens (tertiary/aromatic N) is 3. The Hall–Kier alpha value is -2.60. The molecule has 0 unspecified atom stereocenters. The van der Waals surface area contributed by atoms with Crippen LogP contribution in [0, 0.1) is 0 Å². The van der Waals surface area contributed by atoms with Crippen LogP contribution in [0.5, 0.6) is 0 Å². The van der Waals surface area contributed by atoms with Gasteiger partial charge >= 0.3 is 0 Å². The second-order valence-corrected chi connectivity index (χ2v) is 5.91. The molecule has 5 nitrogen and oxygen atoms in total. The molecular weight excluding hydrogens is 308 g/mol. The maximum absolute atomic E-state index is 11.9. The van der Waals surface area contributed by atoms with Crippen LogP contribution in [0.3, 0.4) is 0 Å². The highest BCUT2D eigenvalue weighted by Crippen LogP contribution is 2.21. The molecule has 0 saturated carbocycles. The van der Waals surface area contributed by atoms with Crippen LogP contribution in [0.15, 0.2) is 54.3 Å². The first-order valence-electron chi connectivity index (χ1n) is 7.32. The topological polar surface area (TPSA) is 67.8 Å². The molecule has 6 heteroatoms. The van der Waals surface area contributed by atoms with E-state index < -0.39 is 0 Å². The molecule has 0 aromatic carbocycles. The fourth-order valence-electron chi connectivity index (χ4n) is 2.07. The average Bonchev–Trinajstić information content (AvgIpc) is 3.09. The number of aryl methyl sites for hydroxylation is 1. The number of thiazole rings is 1. The average molecular weight is 324 g/mol. The summed E-state index contributed by atoms with van der Waals surface area (Å²) < 4.78 is 0. The molecule has 0 radical (unpaired) electrons. The molecule has 23 heavy (non-hydrogen) atoms. The Morgan fingerprint density at radius 2 is 2.13 bits per heavy atom. The van der Waals surface area contributed by atoms with Gasteiger partial charge in [0.25, 0.3) is 0 Å². The van der Waals surface area contributed by atoms with Crippen LogP contribution < -0.4 is 5.32 Å². The fraction of sp³-hybridized carbons (Fsp3) is 0.176. The summed E-state index contributed by atoms with van der Waals surface area (Å²) in [5.74, 6) is 0.00813. The van der Waals surface area contributed by atoms with Gasteiger partial charge in [-0.25, -0.2) is 4.98 Å². The van der Waals surface area contributed by atoms with Gasteiger partial charge in [-0.1, -0.05) is 6.07 Å². The summed E-state index contributed by atoms with van der Waals surface area (Å²) in [5.41, 5.74) is 2.76. The number of amides is 1. The van der Waals surface area contributed by atoms with E-state index in [1.807, 2.05) is 35.7 Å². The van der Waals surface area contributed by atoms with E-state index in [-0.39, 0.29) is 5.91 Å². The maximum Gasteiger partial charge on any atom is 0.220 e. The number of nitrogens with one attached hydrogen (secondary N) is 1. The molecule has 1 N–H and O–H groups in total. The van der Waals surface area contributed by atoms with Crippen LogP contribution in [0.25, 0.3) is 11.3 Å². The van der Waals surface area contributed by atoms with Crippen molar-refractivity contribution in [2.45, 2.75) is 19.4 Å². The Morgan fingerprint density at radius 1 is 1.17 bits per heavy atom. The van der Waals surface area contributed by atoms with Crippen LogP contribution in [-0.2, 0) is 17.8 Å². The predicted octanol–water partition coefficient (Wildman–Crippen LogP) is 2.85. The number of carbonyl (C=O) groups is 1. The molecule has 0 atom stereocenters. The van der Waals surface area contributed by atoms with Gasteiger partial charge in [-0.15, -0.1) is 11.3 Å².